The van der Waals surface area contributed by atoms with Crippen LogP contribution in [0.2, 0.25) is 0 Å². The fraction of sp³-hybridized carbons (Fsp3) is 0.423. The number of hydrogen-bond donors (Lipinski definition) is 2. The second-order valence-electron chi connectivity index (χ2n) is 9.21. The molecule has 1 aromatic heterocycles. The standard InChI is InChI=1S/C26H32N4O2S/c1-17(2)16-32-26(31)27-15-19-10-12-30(13-11-19)25-20-9-8-18(3)14-22(20)28-24(29-25)21-6-4-5-7-23(21)33/h4-9,14,17,19,33H,10-13,15-16H2,1-3H3,(H,27,31). The number of thiol groups is 1. The number of aryl methyl sites for hydroxylation is 1. The summed E-state index contributed by atoms with van der Waals surface area (Å²) in [6, 6.07) is 14.3. The molecule has 1 amide bonds. The number of rotatable bonds is 6. The van der Waals surface area contributed by atoms with Crippen molar-refractivity contribution in [2.45, 2.75) is 38.5 Å². The fourth-order valence-electron chi connectivity index (χ4n) is 4.12. The van der Waals surface area contributed by atoms with Crippen molar-refractivity contribution in [3.8, 4) is 11.4 Å². The van der Waals surface area contributed by atoms with Gasteiger partial charge in [0, 0.05) is 35.5 Å². The molecule has 2 heterocycles. The molecule has 7 heteroatoms. The Hall–Kier alpha value is -2.80. The number of aromatic nitrogens is 2. The smallest absolute Gasteiger partial charge is 0.407 e. The molecule has 6 nitrogen and oxygen atoms in total. The molecule has 0 unspecified atom stereocenters. The summed E-state index contributed by atoms with van der Waals surface area (Å²) in [5, 5.41) is 3.99. The van der Waals surface area contributed by atoms with E-state index in [-0.39, 0.29) is 6.09 Å². The highest BCUT2D eigenvalue weighted by Gasteiger charge is 2.23. The van der Waals surface area contributed by atoms with Crippen LogP contribution in [0.3, 0.4) is 0 Å². The Kier molecular flexibility index (Phi) is 7.38. The molecule has 3 aromatic rings. The minimum absolute atomic E-state index is 0.321. The van der Waals surface area contributed by atoms with Gasteiger partial charge in [-0.3, -0.25) is 0 Å². The number of hydrogen-bond acceptors (Lipinski definition) is 6. The summed E-state index contributed by atoms with van der Waals surface area (Å²) in [5.74, 6) is 2.44. The number of nitrogens with one attached hydrogen (secondary N) is 1. The molecule has 0 saturated carbocycles. The van der Waals surface area contributed by atoms with Crippen molar-refractivity contribution in [1.82, 2.24) is 15.3 Å². The normalized spacial score (nSPS) is 14.6. The van der Waals surface area contributed by atoms with Crippen molar-refractivity contribution >= 4 is 35.4 Å². The molecule has 1 aliphatic heterocycles. The molecule has 1 N–H and O–H groups in total. The largest absolute Gasteiger partial charge is 0.449 e. The molecule has 0 atom stereocenters. The topological polar surface area (TPSA) is 67.4 Å². The summed E-state index contributed by atoms with van der Waals surface area (Å²) in [6.45, 7) is 9.00. The minimum Gasteiger partial charge on any atom is -0.449 e. The molecule has 0 spiro atoms. The predicted octanol–water partition coefficient (Wildman–Crippen LogP) is 5.49. The van der Waals surface area contributed by atoms with Gasteiger partial charge in [-0.2, -0.15) is 0 Å². The lowest BCUT2D eigenvalue weighted by Gasteiger charge is -2.33. The summed E-state index contributed by atoms with van der Waals surface area (Å²) in [5.41, 5.74) is 3.05. The van der Waals surface area contributed by atoms with E-state index in [0.717, 1.165) is 53.1 Å². The molecule has 1 saturated heterocycles. The molecule has 174 valence electrons. The number of ether oxygens (including phenoxy) is 1. The predicted molar refractivity (Wildman–Crippen MR) is 136 cm³/mol. The second kappa shape index (κ2) is 10.4. The van der Waals surface area contributed by atoms with E-state index in [1.54, 1.807) is 0 Å². The van der Waals surface area contributed by atoms with E-state index >= 15 is 0 Å². The van der Waals surface area contributed by atoms with Gasteiger partial charge in [-0.1, -0.05) is 38.1 Å². The van der Waals surface area contributed by atoms with Crippen molar-refractivity contribution in [1.29, 1.82) is 0 Å². The quantitative estimate of drug-likeness (QED) is 0.472. The third-order valence-corrected chi connectivity index (χ3v) is 6.36. The summed E-state index contributed by atoms with van der Waals surface area (Å²) in [4.78, 5) is 25.0. The van der Waals surface area contributed by atoms with Crippen LogP contribution in [0, 0.1) is 18.8 Å². The Morgan fingerprint density at radius 1 is 1.18 bits per heavy atom. The highest BCUT2D eigenvalue weighted by molar-refractivity contribution is 7.80. The van der Waals surface area contributed by atoms with Crippen LogP contribution in [0.15, 0.2) is 47.4 Å². The van der Waals surface area contributed by atoms with Gasteiger partial charge in [0.2, 0.25) is 0 Å². The minimum atomic E-state index is -0.321. The first-order valence-electron chi connectivity index (χ1n) is 11.6. The Morgan fingerprint density at radius 2 is 1.94 bits per heavy atom. The van der Waals surface area contributed by atoms with Crippen LogP contribution < -0.4 is 10.2 Å². The van der Waals surface area contributed by atoms with Crippen LogP contribution in [0.4, 0.5) is 10.6 Å². The average Bonchev–Trinajstić information content (AvgIpc) is 2.81. The van der Waals surface area contributed by atoms with Crippen molar-refractivity contribution in [3.63, 3.8) is 0 Å². The van der Waals surface area contributed by atoms with Crippen LogP contribution in [-0.2, 0) is 4.74 Å². The summed E-state index contributed by atoms with van der Waals surface area (Å²) >= 11 is 4.62. The van der Waals surface area contributed by atoms with Gasteiger partial charge < -0.3 is 15.0 Å². The zero-order chi connectivity index (χ0) is 23.4. The molecule has 4 rings (SSSR count). The van der Waals surface area contributed by atoms with E-state index < -0.39 is 0 Å². The molecule has 2 aromatic carbocycles. The van der Waals surface area contributed by atoms with Crippen LogP contribution in [-0.4, -0.2) is 42.3 Å². The molecular formula is C26H32N4O2S. The fourth-order valence-corrected chi connectivity index (χ4v) is 4.38. The Balaban J connectivity index is 1.50. The number of amides is 1. The van der Waals surface area contributed by atoms with Gasteiger partial charge in [0.1, 0.15) is 5.82 Å². The number of benzene rings is 2. The molecule has 1 aliphatic rings. The maximum Gasteiger partial charge on any atom is 0.407 e. The number of carbonyl (C=O) groups excluding carboxylic acids is 1. The van der Waals surface area contributed by atoms with Crippen molar-refractivity contribution in [3.05, 3.63) is 48.0 Å². The molecule has 0 aliphatic carbocycles. The van der Waals surface area contributed by atoms with Gasteiger partial charge in [-0.15, -0.1) is 12.6 Å². The molecule has 0 radical (unpaired) electrons. The number of anilines is 1. The lowest BCUT2D eigenvalue weighted by molar-refractivity contribution is 0.131. The van der Waals surface area contributed by atoms with Gasteiger partial charge in [-0.25, -0.2) is 14.8 Å². The van der Waals surface area contributed by atoms with Crippen molar-refractivity contribution in [2.75, 3.05) is 31.1 Å². The first kappa shape index (κ1) is 23.4. The zero-order valence-corrected chi connectivity index (χ0v) is 20.4. The first-order valence-corrected chi connectivity index (χ1v) is 12.1. The molecule has 1 fully saturated rings. The third kappa shape index (κ3) is 5.77. The molecule has 33 heavy (non-hydrogen) atoms. The van der Waals surface area contributed by atoms with Gasteiger partial charge in [0.15, 0.2) is 5.82 Å². The zero-order valence-electron chi connectivity index (χ0n) is 19.5. The van der Waals surface area contributed by atoms with Crippen LogP contribution in [0.25, 0.3) is 22.3 Å². The van der Waals surface area contributed by atoms with E-state index in [0.29, 0.717) is 30.8 Å². The number of nitrogens with zero attached hydrogens (tertiary/aromatic N) is 3. The SMILES string of the molecule is Cc1ccc2c(N3CCC(CNC(=O)OCC(C)C)CC3)nc(-c3ccccc3S)nc2c1. The number of alkyl carbamates (subject to hydrolysis) is 1. The Bertz CT molecular complexity index is 1130. The first-order chi connectivity index (χ1) is 15.9. The summed E-state index contributed by atoms with van der Waals surface area (Å²) < 4.78 is 5.22. The van der Waals surface area contributed by atoms with Crippen LogP contribution in [0.5, 0.6) is 0 Å². The van der Waals surface area contributed by atoms with Gasteiger partial charge in [-0.05, 0) is 55.4 Å². The van der Waals surface area contributed by atoms with Crippen molar-refractivity contribution < 1.29 is 9.53 Å². The monoisotopic (exact) mass is 464 g/mol. The maximum atomic E-state index is 11.9. The lowest BCUT2D eigenvalue weighted by Crippen LogP contribution is -2.39. The number of fused-ring (bicyclic) bond motifs is 1. The lowest BCUT2D eigenvalue weighted by atomic mass is 9.96. The number of carbonyl (C=O) groups is 1. The highest BCUT2D eigenvalue weighted by atomic mass is 32.1. The van der Waals surface area contributed by atoms with E-state index in [4.69, 9.17) is 14.7 Å². The Labute approximate surface area is 201 Å². The van der Waals surface area contributed by atoms with Crippen LogP contribution >= 0.6 is 12.6 Å². The van der Waals surface area contributed by atoms with Gasteiger partial charge in [0.25, 0.3) is 0 Å². The van der Waals surface area contributed by atoms with Crippen LogP contribution in [0.1, 0.15) is 32.3 Å². The third-order valence-electron chi connectivity index (χ3n) is 5.97. The van der Waals surface area contributed by atoms with E-state index in [1.807, 2.05) is 38.1 Å². The van der Waals surface area contributed by atoms with E-state index in [1.165, 1.54) is 5.56 Å². The molecule has 0 bridgehead atoms. The summed E-state index contributed by atoms with van der Waals surface area (Å²) in [7, 11) is 0. The van der Waals surface area contributed by atoms with E-state index in [9.17, 15) is 4.79 Å². The summed E-state index contributed by atoms with van der Waals surface area (Å²) in [6.07, 6.45) is 1.65. The highest BCUT2D eigenvalue weighted by Crippen LogP contribution is 2.32. The maximum absolute atomic E-state index is 11.9. The van der Waals surface area contributed by atoms with Gasteiger partial charge >= 0.3 is 6.09 Å². The average molecular weight is 465 g/mol. The Morgan fingerprint density at radius 3 is 2.67 bits per heavy atom. The van der Waals surface area contributed by atoms with Gasteiger partial charge in [0.05, 0.1) is 12.1 Å². The van der Waals surface area contributed by atoms with E-state index in [2.05, 4.69) is 48.0 Å². The van der Waals surface area contributed by atoms with Crippen molar-refractivity contribution in [2.24, 2.45) is 11.8 Å². The number of piperidine rings is 1. The molecular weight excluding hydrogens is 432 g/mol. The second-order valence-corrected chi connectivity index (χ2v) is 9.69.